The van der Waals surface area contributed by atoms with Gasteiger partial charge in [0.25, 0.3) is 0 Å². The zero-order chi connectivity index (χ0) is 12.5. The number of nitrogens with one attached hydrogen (secondary N) is 1. The molecule has 92 valence electrons. The lowest BCUT2D eigenvalue weighted by Gasteiger charge is -2.25. The third kappa shape index (κ3) is 2.02. The van der Waals surface area contributed by atoms with Gasteiger partial charge >= 0.3 is 0 Å². The van der Waals surface area contributed by atoms with E-state index in [1.54, 1.807) is 0 Å². The van der Waals surface area contributed by atoms with Crippen molar-refractivity contribution in [2.75, 3.05) is 13.1 Å². The van der Waals surface area contributed by atoms with Gasteiger partial charge in [-0.05, 0) is 37.1 Å². The minimum atomic E-state index is 0.483. The van der Waals surface area contributed by atoms with Crippen LogP contribution in [0.3, 0.4) is 0 Å². The highest BCUT2D eigenvalue weighted by molar-refractivity contribution is 5.60. The predicted octanol–water partition coefficient (Wildman–Crippen LogP) is 2.45. The van der Waals surface area contributed by atoms with E-state index in [1.165, 1.54) is 16.7 Å². The van der Waals surface area contributed by atoms with Crippen LogP contribution in [0.1, 0.15) is 22.9 Å². The molecule has 0 atom stereocenters. The average molecular weight is 239 g/mol. The van der Waals surface area contributed by atoms with E-state index in [0.29, 0.717) is 5.92 Å². The number of hydrogen-bond donors (Lipinski definition) is 1. The van der Waals surface area contributed by atoms with Crippen molar-refractivity contribution in [3.05, 3.63) is 47.4 Å². The molecule has 2 heterocycles. The SMILES string of the molecule is Cc1ccc(-c2ccnc(C3CNC3)n2)cc1C. The highest BCUT2D eigenvalue weighted by Crippen LogP contribution is 2.22. The van der Waals surface area contributed by atoms with Crippen molar-refractivity contribution >= 4 is 0 Å². The Kier molecular flexibility index (Phi) is 2.84. The van der Waals surface area contributed by atoms with Crippen molar-refractivity contribution < 1.29 is 0 Å². The lowest BCUT2D eigenvalue weighted by atomic mass is 10.0. The van der Waals surface area contributed by atoms with Crippen LogP contribution in [0, 0.1) is 13.8 Å². The van der Waals surface area contributed by atoms with E-state index in [2.05, 4.69) is 47.3 Å². The standard InChI is InChI=1S/C15H17N3/c1-10-3-4-12(7-11(10)2)14-5-6-17-15(18-14)13-8-16-9-13/h3-7,13,16H,8-9H2,1-2H3. The lowest BCUT2D eigenvalue weighted by molar-refractivity contribution is 0.430. The van der Waals surface area contributed by atoms with Crippen LogP contribution in [0.15, 0.2) is 30.5 Å². The van der Waals surface area contributed by atoms with Crippen LogP contribution in [-0.4, -0.2) is 23.1 Å². The summed E-state index contributed by atoms with van der Waals surface area (Å²) in [5.41, 5.74) is 4.82. The van der Waals surface area contributed by atoms with Crippen molar-refractivity contribution in [1.29, 1.82) is 0 Å². The molecule has 1 saturated heterocycles. The predicted molar refractivity (Wildman–Crippen MR) is 72.6 cm³/mol. The zero-order valence-electron chi connectivity index (χ0n) is 10.8. The van der Waals surface area contributed by atoms with Crippen LogP contribution in [-0.2, 0) is 0 Å². The third-order valence-electron chi connectivity index (χ3n) is 3.62. The second-order valence-electron chi connectivity index (χ2n) is 4.95. The van der Waals surface area contributed by atoms with Crippen LogP contribution in [0.25, 0.3) is 11.3 Å². The maximum absolute atomic E-state index is 4.68. The Morgan fingerprint density at radius 3 is 2.61 bits per heavy atom. The van der Waals surface area contributed by atoms with Gasteiger partial charge in [0, 0.05) is 30.8 Å². The highest BCUT2D eigenvalue weighted by Gasteiger charge is 2.21. The van der Waals surface area contributed by atoms with E-state index in [1.807, 2.05) is 12.3 Å². The number of benzene rings is 1. The molecule has 0 aliphatic carbocycles. The molecule has 0 unspecified atom stereocenters. The second-order valence-corrected chi connectivity index (χ2v) is 4.95. The van der Waals surface area contributed by atoms with Gasteiger partial charge < -0.3 is 5.32 Å². The van der Waals surface area contributed by atoms with Gasteiger partial charge in [-0.2, -0.15) is 0 Å². The summed E-state index contributed by atoms with van der Waals surface area (Å²) < 4.78 is 0. The van der Waals surface area contributed by atoms with E-state index in [-0.39, 0.29) is 0 Å². The van der Waals surface area contributed by atoms with Crippen molar-refractivity contribution in [3.63, 3.8) is 0 Å². The van der Waals surface area contributed by atoms with Gasteiger partial charge in [-0.25, -0.2) is 9.97 Å². The highest BCUT2D eigenvalue weighted by atomic mass is 15.0. The molecule has 0 radical (unpaired) electrons. The molecule has 0 amide bonds. The molecule has 1 aromatic carbocycles. The summed E-state index contributed by atoms with van der Waals surface area (Å²) in [5, 5.41) is 3.26. The van der Waals surface area contributed by atoms with E-state index >= 15 is 0 Å². The van der Waals surface area contributed by atoms with Crippen LogP contribution in [0.5, 0.6) is 0 Å². The quantitative estimate of drug-likeness (QED) is 0.874. The summed E-state index contributed by atoms with van der Waals surface area (Å²) in [7, 11) is 0. The fraction of sp³-hybridized carbons (Fsp3) is 0.333. The van der Waals surface area contributed by atoms with Crippen molar-refractivity contribution in [2.45, 2.75) is 19.8 Å². The number of rotatable bonds is 2. The molecular weight excluding hydrogens is 222 g/mol. The summed E-state index contributed by atoms with van der Waals surface area (Å²) in [6, 6.07) is 8.46. The number of nitrogens with zero attached hydrogens (tertiary/aromatic N) is 2. The first-order valence-corrected chi connectivity index (χ1v) is 6.35. The Morgan fingerprint density at radius 2 is 1.94 bits per heavy atom. The van der Waals surface area contributed by atoms with E-state index < -0.39 is 0 Å². The Balaban J connectivity index is 1.97. The average Bonchev–Trinajstić information content (AvgIpc) is 2.31. The fourth-order valence-corrected chi connectivity index (χ4v) is 2.10. The Bertz CT molecular complexity index is 574. The first-order valence-electron chi connectivity index (χ1n) is 6.35. The summed E-state index contributed by atoms with van der Waals surface area (Å²) in [4.78, 5) is 9.06. The van der Waals surface area contributed by atoms with Crippen LogP contribution < -0.4 is 5.32 Å². The monoisotopic (exact) mass is 239 g/mol. The van der Waals surface area contributed by atoms with E-state index in [4.69, 9.17) is 0 Å². The molecular formula is C15H17N3. The van der Waals surface area contributed by atoms with Gasteiger partial charge in [0.15, 0.2) is 0 Å². The smallest absolute Gasteiger partial charge is 0.134 e. The molecule has 18 heavy (non-hydrogen) atoms. The van der Waals surface area contributed by atoms with Gasteiger partial charge in [0.1, 0.15) is 5.82 Å². The molecule has 3 rings (SSSR count). The summed E-state index contributed by atoms with van der Waals surface area (Å²) in [5.74, 6) is 1.45. The topological polar surface area (TPSA) is 37.8 Å². The fourth-order valence-electron chi connectivity index (χ4n) is 2.10. The van der Waals surface area contributed by atoms with Gasteiger partial charge in [-0.1, -0.05) is 12.1 Å². The van der Waals surface area contributed by atoms with Crippen molar-refractivity contribution in [2.24, 2.45) is 0 Å². The second kappa shape index (κ2) is 4.50. The Morgan fingerprint density at radius 1 is 1.11 bits per heavy atom. The zero-order valence-corrected chi connectivity index (χ0v) is 10.8. The van der Waals surface area contributed by atoms with Gasteiger partial charge in [-0.3, -0.25) is 0 Å². The minimum Gasteiger partial charge on any atom is -0.315 e. The summed E-state index contributed by atoms with van der Waals surface area (Å²) in [6.45, 7) is 6.26. The molecule has 1 aliphatic rings. The summed E-state index contributed by atoms with van der Waals surface area (Å²) in [6.07, 6.45) is 1.87. The maximum atomic E-state index is 4.68. The number of aryl methyl sites for hydroxylation is 2. The molecule has 0 spiro atoms. The van der Waals surface area contributed by atoms with Crippen LogP contribution >= 0.6 is 0 Å². The molecule has 3 heteroatoms. The lowest BCUT2D eigenvalue weighted by Crippen LogP contribution is -2.40. The molecule has 1 N–H and O–H groups in total. The number of hydrogen-bond acceptors (Lipinski definition) is 3. The van der Waals surface area contributed by atoms with Crippen molar-refractivity contribution in [3.8, 4) is 11.3 Å². The molecule has 1 fully saturated rings. The van der Waals surface area contributed by atoms with Gasteiger partial charge in [0.05, 0.1) is 5.69 Å². The first kappa shape index (κ1) is 11.4. The van der Waals surface area contributed by atoms with Crippen LogP contribution in [0.2, 0.25) is 0 Å². The molecule has 0 bridgehead atoms. The van der Waals surface area contributed by atoms with Crippen LogP contribution in [0.4, 0.5) is 0 Å². The normalized spacial score (nSPS) is 15.4. The molecule has 0 saturated carbocycles. The molecule has 2 aromatic rings. The molecule has 1 aliphatic heterocycles. The van der Waals surface area contributed by atoms with E-state index in [9.17, 15) is 0 Å². The first-order chi connectivity index (χ1) is 8.74. The third-order valence-corrected chi connectivity index (χ3v) is 3.62. The largest absolute Gasteiger partial charge is 0.315 e. The Labute approximate surface area is 107 Å². The molecule has 1 aromatic heterocycles. The molecule has 3 nitrogen and oxygen atoms in total. The maximum Gasteiger partial charge on any atom is 0.134 e. The van der Waals surface area contributed by atoms with E-state index in [0.717, 1.165) is 24.6 Å². The summed E-state index contributed by atoms with van der Waals surface area (Å²) >= 11 is 0. The minimum absolute atomic E-state index is 0.483. The number of aromatic nitrogens is 2. The van der Waals surface area contributed by atoms with Gasteiger partial charge in [-0.15, -0.1) is 0 Å². The Hall–Kier alpha value is -1.74. The van der Waals surface area contributed by atoms with Gasteiger partial charge in [0.2, 0.25) is 0 Å². The van der Waals surface area contributed by atoms with Crippen molar-refractivity contribution in [1.82, 2.24) is 15.3 Å².